The Bertz CT molecular complexity index is 716. The molecule has 4 aliphatic rings. The summed E-state index contributed by atoms with van der Waals surface area (Å²) in [7, 11) is 0. The van der Waals surface area contributed by atoms with Crippen molar-refractivity contribution in [2.75, 3.05) is 13.2 Å². The highest BCUT2D eigenvalue weighted by Gasteiger charge is 2.51. The van der Waals surface area contributed by atoms with Crippen LogP contribution in [0.25, 0.3) is 0 Å². The van der Waals surface area contributed by atoms with E-state index in [9.17, 15) is 19.2 Å². The van der Waals surface area contributed by atoms with Crippen molar-refractivity contribution >= 4 is 23.9 Å². The van der Waals surface area contributed by atoms with E-state index < -0.39 is 48.7 Å². The molecular formula is C23H34O8. The van der Waals surface area contributed by atoms with Crippen LogP contribution in [-0.4, -0.2) is 49.3 Å². The van der Waals surface area contributed by atoms with E-state index >= 15 is 0 Å². The van der Waals surface area contributed by atoms with Crippen molar-refractivity contribution in [1.82, 2.24) is 0 Å². The third-order valence-electron chi connectivity index (χ3n) is 6.91. The maximum absolute atomic E-state index is 12.4. The van der Waals surface area contributed by atoms with Gasteiger partial charge in [0, 0.05) is 5.92 Å². The number of rotatable bonds is 9. The zero-order valence-electron chi connectivity index (χ0n) is 18.9. The smallest absolute Gasteiger partial charge is 0.344 e. The molecule has 2 saturated heterocycles. The molecule has 8 nitrogen and oxygen atoms in total. The molecule has 0 aromatic carbocycles. The molecule has 0 N–H and O–H groups in total. The first-order valence-corrected chi connectivity index (χ1v) is 11.3. The molecule has 0 aromatic rings. The molecule has 0 aromatic heterocycles. The number of carbonyl (C=O) groups excluding carboxylic acids is 4. The lowest BCUT2D eigenvalue weighted by Gasteiger charge is -2.41. The maximum atomic E-state index is 12.4. The number of hydrogen-bond donors (Lipinski definition) is 0. The summed E-state index contributed by atoms with van der Waals surface area (Å²) in [6, 6.07) is 0. The second-order valence-corrected chi connectivity index (χ2v) is 9.94. The molecule has 2 aliphatic heterocycles. The van der Waals surface area contributed by atoms with Crippen molar-refractivity contribution in [2.45, 2.75) is 78.4 Å². The van der Waals surface area contributed by atoms with Gasteiger partial charge in [-0.05, 0) is 57.3 Å². The van der Waals surface area contributed by atoms with Gasteiger partial charge in [0.1, 0.15) is 12.2 Å². The van der Waals surface area contributed by atoms with Gasteiger partial charge in [0.15, 0.2) is 13.2 Å². The fraction of sp³-hybridized carbons (Fsp3) is 0.826. The van der Waals surface area contributed by atoms with Crippen LogP contribution in [-0.2, 0) is 38.1 Å². The van der Waals surface area contributed by atoms with E-state index in [1.807, 2.05) is 27.7 Å². The summed E-state index contributed by atoms with van der Waals surface area (Å²) >= 11 is 0. The quantitative estimate of drug-likeness (QED) is 0.400. The van der Waals surface area contributed by atoms with Crippen LogP contribution in [0.5, 0.6) is 0 Å². The molecule has 4 rings (SSSR count). The van der Waals surface area contributed by atoms with Crippen LogP contribution in [0.3, 0.4) is 0 Å². The number of hydrogen-bond acceptors (Lipinski definition) is 8. The van der Waals surface area contributed by atoms with Crippen LogP contribution in [0.4, 0.5) is 0 Å². The van der Waals surface area contributed by atoms with Crippen LogP contribution >= 0.6 is 0 Å². The van der Waals surface area contributed by atoms with Gasteiger partial charge in [-0.15, -0.1) is 0 Å². The number of esters is 4. The molecule has 2 heterocycles. The zero-order chi connectivity index (χ0) is 22.8. The molecule has 0 radical (unpaired) electrons. The Morgan fingerprint density at radius 1 is 1.06 bits per heavy atom. The third-order valence-corrected chi connectivity index (χ3v) is 6.91. The topological polar surface area (TPSA) is 105 Å². The fourth-order valence-corrected chi connectivity index (χ4v) is 5.38. The highest BCUT2D eigenvalue weighted by Crippen LogP contribution is 2.48. The molecular weight excluding hydrogens is 404 g/mol. The average molecular weight is 439 g/mol. The number of ether oxygens (including phenoxy) is 4. The first-order valence-electron chi connectivity index (χ1n) is 11.3. The van der Waals surface area contributed by atoms with Crippen molar-refractivity contribution in [3.05, 3.63) is 0 Å². The summed E-state index contributed by atoms with van der Waals surface area (Å²) < 4.78 is 21.1. The fourth-order valence-electron chi connectivity index (χ4n) is 5.38. The first-order chi connectivity index (χ1) is 14.6. The van der Waals surface area contributed by atoms with E-state index in [1.54, 1.807) is 0 Å². The lowest BCUT2D eigenvalue weighted by atomic mass is 9.67. The number of carbonyl (C=O) groups is 4. The normalized spacial score (nSPS) is 30.9. The molecule has 2 saturated carbocycles. The summed E-state index contributed by atoms with van der Waals surface area (Å²) in [6.07, 6.45) is 3.50. The number of fused-ring (bicyclic) bond motifs is 1. The maximum Gasteiger partial charge on any atom is 0.344 e. The molecule has 6 unspecified atom stereocenters. The van der Waals surface area contributed by atoms with Gasteiger partial charge in [0.25, 0.3) is 0 Å². The Labute approximate surface area is 183 Å². The van der Waals surface area contributed by atoms with Gasteiger partial charge in [-0.2, -0.15) is 0 Å². The lowest BCUT2D eigenvalue weighted by Crippen LogP contribution is -2.45. The summed E-state index contributed by atoms with van der Waals surface area (Å²) in [5.74, 6) is -1.39. The molecule has 8 heteroatoms. The van der Waals surface area contributed by atoms with E-state index in [0.29, 0.717) is 37.5 Å². The molecule has 0 spiro atoms. The van der Waals surface area contributed by atoms with Crippen molar-refractivity contribution in [2.24, 2.45) is 29.1 Å². The van der Waals surface area contributed by atoms with Crippen LogP contribution < -0.4 is 0 Å². The second kappa shape index (κ2) is 9.57. The van der Waals surface area contributed by atoms with E-state index in [-0.39, 0.29) is 17.8 Å². The molecule has 31 heavy (non-hydrogen) atoms. The van der Waals surface area contributed by atoms with Gasteiger partial charge >= 0.3 is 23.9 Å². The zero-order valence-corrected chi connectivity index (χ0v) is 18.9. The van der Waals surface area contributed by atoms with Crippen molar-refractivity contribution in [1.29, 1.82) is 0 Å². The Hall–Kier alpha value is -2.12. The predicted molar refractivity (Wildman–Crippen MR) is 108 cm³/mol. The predicted octanol–water partition coefficient (Wildman–Crippen LogP) is 2.81. The van der Waals surface area contributed by atoms with E-state index in [2.05, 4.69) is 0 Å². The minimum Gasteiger partial charge on any atom is -0.458 e. The van der Waals surface area contributed by atoms with Crippen molar-refractivity contribution < 1.29 is 38.1 Å². The summed E-state index contributed by atoms with van der Waals surface area (Å²) in [5.41, 5.74) is -0.664. The van der Waals surface area contributed by atoms with Gasteiger partial charge in [-0.1, -0.05) is 20.8 Å². The largest absolute Gasteiger partial charge is 0.458 e. The summed E-state index contributed by atoms with van der Waals surface area (Å²) in [6.45, 7) is 6.65. The van der Waals surface area contributed by atoms with Crippen LogP contribution in [0.15, 0.2) is 0 Å². The van der Waals surface area contributed by atoms with Crippen molar-refractivity contribution in [3.8, 4) is 0 Å². The Balaban J connectivity index is 1.43. The Morgan fingerprint density at radius 3 is 2.45 bits per heavy atom. The van der Waals surface area contributed by atoms with Gasteiger partial charge in [-0.25, -0.2) is 9.59 Å². The van der Waals surface area contributed by atoms with Gasteiger partial charge in [-0.3, -0.25) is 9.59 Å². The molecule has 4 fully saturated rings. The SMILES string of the molecule is CCC(C)(CC(C)C)C(=O)OCC(=O)OCC(=O)OC1C2CC3CC(C2)C(=O)OC1C3. The molecule has 2 aliphatic carbocycles. The van der Waals surface area contributed by atoms with Gasteiger partial charge in [0.2, 0.25) is 0 Å². The second-order valence-electron chi connectivity index (χ2n) is 9.94. The van der Waals surface area contributed by atoms with Gasteiger partial charge < -0.3 is 18.9 Å². The van der Waals surface area contributed by atoms with Gasteiger partial charge in [0.05, 0.1) is 11.3 Å². The third kappa shape index (κ3) is 5.57. The average Bonchev–Trinajstić information content (AvgIpc) is 2.87. The Morgan fingerprint density at radius 2 is 1.77 bits per heavy atom. The van der Waals surface area contributed by atoms with Crippen molar-refractivity contribution in [3.63, 3.8) is 0 Å². The summed E-state index contributed by atoms with van der Waals surface area (Å²) in [5, 5.41) is 0. The lowest BCUT2D eigenvalue weighted by molar-refractivity contribution is -0.180. The standard InChI is InChI=1S/C23H34O8/c1-5-23(4,10-13(2)3)22(27)29-11-18(24)28-12-19(25)31-20-15-6-14-7-16(9-15)21(26)30-17(20)8-14/h13-17,20H,5-12H2,1-4H3. The van der Waals surface area contributed by atoms with E-state index in [0.717, 1.165) is 12.8 Å². The molecule has 4 bridgehead atoms. The summed E-state index contributed by atoms with van der Waals surface area (Å²) in [4.78, 5) is 48.7. The van der Waals surface area contributed by atoms with E-state index in [4.69, 9.17) is 18.9 Å². The minimum absolute atomic E-state index is 0.0993. The monoisotopic (exact) mass is 438 g/mol. The highest BCUT2D eigenvalue weighted by atomic mass is 16.6. The minimum atomic E-state index is -0.804. The first kappa shape index (κ1) is 23.5. The molecule has 0 amide bonds. The molecule has 174 valence electrons. The Kier molecular flexibility index (Phi) is 7.27. The highest BCUT2D eigenvalue weighted by molar-refractivity contribution is 5.81. The van der Waals surface area contributed by atoms with Crippen LogP contribution in [0, 0.1) is 29.1 Å². The van der Waals surface area contributed by atoms with Crippen LogP contribution in [0.1, 0.15) is 66.2 Å². The van der Waals surface area contributed by atoms with E-state index in [1.165, 1.54) is 0 Å². The molecule has 6 atom stereocenters. The van der Waals surface area contributed by atoms with Crippen LogP contribution in [0.2, 0.25) is 0 Å².